The Hall–Kier alpha value is -1.44. The Labute approximate surface area is 102 Å². The molecule has 0 aliphatic rings. The van der Waals surface area contributed by atoms with Gasteiger partial charge < -0.3 is 0 Å². The maximum Gasteiger partial charge on any atom is 0.430 e. The van der Waals surface area contributed by atoms with Gasteiger partial charge in [0.2, 0.25) is 17.5 Å². The molecule has 98 valence electrons. The molecule has 0 bridgehead atoms. The van der Waals surface area contributed by atoms with Crippen molar-refractivity contribution >= 4 is 22.0 Å². The molecule has 0 radical (unpaired) electrons. The first-order valence-electron chi connectivity index (χ1n) is 4.47. The van der Waals surface area contributed by atoms with E-state index in [4.69, 9.17) is 0 Å². The average molecular weight is 285 g/mol. The number of benzene rings is 1. The van der Waals surface area contributed by atoms with Crippen LogP contribution in [0.15, 0.2) is 0 Å². The number of thioether (sulfide) groups is 1. The predicted octanol–water partition coefficient (Wildman–Crippen LogP) is 3.46. The Balaban J connectivity index is 3.38. The SMILES string of the molecule is CC(=O)SC(C)=[O+]c1c(F)c(F)c(F)c(F)c1F. The molecule has 18 heavy (non-hydrogen) atoms. The Morgan fingerprint density at radius 3 is 1.67 bits per heavy atom. The fourth-order valence-corrected chi connectivity index (χ4v) is 1.57. The molecule has 0 amide bonds. The van der Waals surface area contributed by atoms with Crippen LogP contribution in [0, 0.1) is 29.1 Å². The smallest absolute Gasteiger partial charge is 0.287 e. The van der Waals surface area contributed by atoms with Gasteiger partial charge in [0, 0.05) is 18.7 Å². The quantitative estimate of drug-likeness (QED) is 0.342. The number of halogens is 5. The van der Waals surface area contributed by atoms with Crippen LogP contribution in [0.25, 0.3) is 0 Å². The average Bonchev–Trinajstić information content (AvgIpc) is 2.29. The van der Waals surface area contributed by atoms with Gasteiger partial charge in [0.05, 0.1) is 6.92 Å². The summed E-state index contributed by atoms with van der Waals surface area (Å²) in [6.07, 6.45) is 0. The van der Waals surface area contributed by atoms with E-state index < -0.39 is 40.0 Å². The van der Waals surface area contributed by atoms with E-state index >= 15 is 0 Å². The fraction of sp³-hybridized carbons (Fsp3) is 0.200. The van der Waals surface area contributed by atoms with Crippen molar-refractivity contribution in [3.05, 3.63) is 29.1 Å². The normalized spacial score (nSPS) is 11.8. The summed E-state index contributed by atoms with van der Waals surface area (Å²) in [5.74, 6) is -12.1. The lowest BCUT2D eigenvalue weighted by Crippen LogP contribution is -2.03. The third-order valence-corrected chi connectivity index (χ3v) is 2.36. The van der Waals surface area contributed by atoms with Gasteiger partial charge in [-0.05, 0) is 0 Å². The van der Waals surface area contributed by atoms with Crippen molar-refractivity contribution in [2.24, 2.45) is 0 Å². The van der Waals surface area contributed by atoms with E-state index in [1.54, 1.807) is 0 Å². The summed E-state index contributed by atoms with van der Waals surface area (Å²) in [6.45, 7) is 2.31. The summed E-state index contributed by atoms with van der Waals surface area (Å²) in [5, 5.41) is -0.720. The molecule has 0 atom stereocenters. The minimum absolute atomic E-state index is 0.259. The van der Waals surface area contributed by atoms with E-state index in [1.807, 2.05) is 0 Å². The van der Waals surface area contributed by atoms with Gasteiger partial charge in [-0.1, -0.05) is 0 Å². The molecule has 0 spiro atoms. The van der Waals surface area contributed by atoms with Crippen LogP contribution in [0.4, 0.5) is 22.0 Å². The molecule has 0 saturated carbocycles. The Morgan fingerprint density at radius 1 is 0.889 bits per heavy atom. The highest BCUT2D eigenvalue weighted by Crippen LogP contribution is 2.29. The highest BCUT2D eigenvalue weighted by atomic mass is 32.2. The van der Waals surface area contributed by atoms with Crippen LogP contribution >= 0.6 is 11.8 Å². The van der Waals surface area contributed by atoms with Crippen molar-refractivity contribution in [3.8, 4) is 5.75 Å². The van der Waals surface area contributed by atoms with Gasteiger partial charge in [-0.2, -0.15) is 22.0 Å². The van der Waals surface area contributed by atoms with Crippen molar-refractivity contribution in [1.29, 1.82) is 0 Å². The number of carbonyl (C=O) groups is 1. The van der Waals surface area contributed by atoms with Crippen LogP contribution < -0.4 is 0 Å². The van der Waals surface area contributed by atoms with Crippen molar-refractivity contribution in [3.63, 3.8) is 0 Å². The van der Waals surface area contributed by atoms with E-state index in [0.29, 0.717) is 11.8 Å². The zero-order valence-corrected chi connectivity index (χ0v) is 9.93. The van der Waals surface area contributed by atoms with Crippen LogP contribution in [-0.2, 0) is 9.22 Å². The third kappa shape index (κ3) is 2.87. The molecular weight excluding hydrogens is 279 g/mol. The van der Waals surface area contributed by atoms with Gasteiger partial charge in [-0.3, -0.25) is 4.79 Å². The largest absolute Gasteiger partial charge is 0.430 e. The summed E-state index contributed by atoms with van der Waals surface area (Å²) >= 11 is 0.466. The number of hydrogen-bond acceptors (Lipinski definition) is 2. The summed E-state index contributed by atoms with van der Waals surface area (Å²) in [4.78, 5) is 10.7. The molecule has 0 aliphatic heterocycles. The minimum Gasteiger partial charge on any atom is -0.287 e. The predicted molar refractivity (Wildman–Crippen MR) is 54.6 cm³/mol. The second kappa shape index (κ2) is 5.47. The number of carbonyl (C=O) groups excluding carboxylic acids is 2. The molecule has 0 fully saturated rings. The molecule has 0 heterocycles. The zero-order valence-electron chi connectivity index (χ0n) is 9.11. The fourth-order valence-electron chi connectivity index (χ4n) is 1.04. The second-order valence-electron chi connectivity index (χ2n) is 3.09. The Bertz CT molecular complexity index is 513. The van der Waals surface area contributed by atoms with Gasteiger partial charge in [0.1, 0.15) is 0 Å². The monoisotopic (exact) mass is 285 g/mol. The van der Waals surface area contributed by atoms with E-state index in [1.165, 1.54) is 0 Å². The van der Waals surface area contributed by atoms with Crippen molar-refractivity contribution in [2.45, 2.75) is 13.8 Å². The van der Waals surface area contributed by atoms with E-state index in [9.17, 15) is 26.7 Å². The third-order valence-electron chi connectivity index (χ3n) is 1.70. The summed E-state index contributed by atoms with van der Waals surface area (Å²) in [5.41, 5.74) is 0. The van der Waals surface area contributed by atoms with Crippen molar-refractivity contribution in [1.82, 2.24) is 0 Å². The zero-order chi connectivity index (χ0) is 14.0. The molecule has 0 saturated heterocycles. The minimum atomic E-state index is -2.27. The Kier molecular flexibility index (Phi) is 4.44. The summed E-state index contributed by atoms with van der Waals surface area (Å²) < 4.78 is 69.0. The van der Waals surface area contributed by atoms with Gasteiger partial charge in [-0.15, -0.1) is 0 Å². The van der Waals surface area contributed by atoms with Gasteiger partial charge in [0.15, 0.2) is 5.12 Å². The lowest BCUT2D eigenvalue weighted by atomic mass is 10.3. The van der Waals surface area contributed by atoms with E-state index in [0.717, 1.165) is 13.8 Å². The van der Waals surface area contributed by atoms with Crippen LogP contribution in [0.5, 0.6) is 5.75 Å². The molecule has 1 aromatic carbocycles. The first-order chi connectivity index (χ1) is 8.25. The van der Waals surface area contributed by atoms with E-state index in [-0.39, 0.29) is 5.12 Å². The van der Waals surface area contributed by atoms with E-state index in [2.05, 4.69) is 4.42 Å². The molecule has 0 aliphatic carbocycles. The Morgan fingerprint density at radius 2 is 1.28 bits per heavy atom. The molecule has 0 unspecified atom stereocenters. The topological polar surface area (TPSA) is 28.4 Å². The van der Waals surface area contributed by atoms with Crippen LogP contribution in [0.1, 0.15) is 13.8 Å². The maximum absolute atomic E-state index is 13.1. The molecular formula is C10H6F5O2S+. The van der Waals surface area contributed by atoms with Crippen LogP contribution in [-0.4, -0.2) is 10.2 Å². The van der Waals surface area contributed by atoms with Gasteiger partial charge >= 0.3 is 10.9 Å². The van der Waals surface area contributed by atoms with Crippen molar-refractivity contribution in [2.75, 3.05) is 0 Å². The molecule has 1 aromatic rings. The summed E-state index contributed by atoms with van der Waals surface area (Å²) in [6, 6.07) is 0. The maximum atomic E-state index is 13.1. The van der Waals surface area contributed by atoms with Crippen LogP contribution in [0.2, 0.25) is 0 Å². The van der Waals surface area contributed by atoms with Crippen molar-refractivity contribution < 1.29 is 31.2 Å². The molecule has 1 rings (SSSR count). The lowest BCUT2D eigenvalue weighted by Gasteiger charge is -1.97. The molecule has 0 N–H and O–H groups in total. The van der Waals surface area contributed by atoms with Gasteiger partial charge in [0.25, 0.3) is 11.6 Å². The second-order valence-corrected chi connectivity index (χ2v) is 4.44. The molecule has 0 aromatic heterocycles. The van der Waals surface area contributed by atoms with Crippen LogP contribution in [0.3, 0.4) is 0 Å². The number of rotatable bonds is 1. The highest BCUT2D eigenvalue weighted by molar-refractivity contribution is 8.26. The first kappa shape index (κ1) is 14.6. The number of hydrogen-bond donors (Lipinski definition) is 0. The molecule has 8 heteroatoms. The molecule has 2 nitrogen and oxygen atoms in total. The highest BCUT2D eigenvalue weighted by Gasteiger charge is 2.34. The lowest BCUT2D eigenvalue weighted by molar-refractivity contribution is -0.370. The van der Waals surface area contributed by atoms with Gasteiger partial charge in [-0.25, -0.2) is 4.39 Å². The summed E-state index contributed by atoms with van der Waals surface area (Å²) in [7, 11) is 0. The first-order valence-corrected chi connectivity index (χ1v) is 5.28. The standard InChI is InChI=1S/C10H6F5O2S/c1-3(16)18-4(2)17-10-8(14)6(12)5(11)7(13)9(10)15/h1-2H3/q+1.